The van der Waals surface area contributed by atoms with Crippen LogP contribution in [0.1, 0.15) is 12.8 Å². The van der Waals surface area contributed by atoms with Crippen molar-refractivity contribution in [2.24, 2.45) is 0 Å². The summed E-state index contributed by atoms with van der Waals surface area (Å²) in [7, 11) is -3.80. The summed E-state index contributed by atoms with van der Waals surface area (Å²) in [6.07, 6.45) is 1.22. The van der Waals surface area contributed by atoms with Crippen molar-refractivity contribution in [2.45, 2.75) is 18.9 Å². The van der Waals surface area contributed by atoms with Gasteiger partial charge in [-0.25, -0.2) is 0 Å². The molecule has 0 saturated carbocycles. The Morgan fingerprint density at radius 3 is 2.60 bits per heavy atom. The van der Waals surface area contributed by atoms with Crippen LogP contribution in [0.3, 0.4) is 0 Å². The minimum absolute atomic E-state index is 0. The first-order valence-electron chi connectivity index (χ1n) is 4.35. The van der Waals surface area contributed by atoms with E-state index in [1.807, 2.05) is 0 Å². The molecule has 1 aliphatic rings. The number of hydrogen-bond donors (Lipinski definition) is 2. The number of morpholine rings is 1. The van der Waals surface area contributed by atoms with Gasteiger partial charge in [-0.15, -0.1) is 0 Å². The van der Waals surface area contributed by atoms with Gasteiger partial charge >= 0.3 is 29.6 Å². The molecule has 0 aromatic carbocycles. The van der Waals surface area contributed by atoms with Crippen molar-refractivity contribution >= 4 is 10.1 Å². The second kappa shape index (κ2) is 8.89. The van der Waals surface area contributed by atoms with Gasteiger partial charge in [-0.2, -0.15) is 8.42 Å². The number of ether oxygens (including phenoxy) is 1. The van der Waals surface area contributed by atoms with Crippen molar-refractivity contribution in [3.63, 3.8) is 0 Å². The largest absolute Gasteiger partial charge is 1.00 e. The van der Waals surface area contributed by atoms with Gasteiger partial charge in [-0.3, -0.25) is 4.55 Å². The van der Waals surface area contributed by atoms with Crippen LogP contribution in [0.4, 0.5) is 0 Å². The number of hydrogen-bond acceptors (Lipinski definition) is 5. The molecule has 0 aromatic rings. The second-order valence-corrected chi connectivity index (χ2v) is 4.70. The van der Waals surface area contributed by atoms with Gasteiger partial charge in [0.05, 0.1) is 18.5 Å². The van der Waals surface area contributed by atoms with Crippen LogP contribution in [0.15, 0.2) is 0 Å². The fraction of sp³-hybridized carbons (Fsp3) is 1.00. The van der Waals surface area contributed by atoms with E-state index in [9.17, 15) is 8.42 Å². The summed E-state index contributed by atoms with van der Waals surface area (Å²) in [5.41, 5.74) is 0. The molecule has 15 heavy (non-hydrogen) atoms. The number of nitrogens with one attached hydrogen (secondary N) is 1. The Kier molecular flexibility index (Phi) is 10.8. The average Bonchev–Trinajstić information content (AvgIpc) is 2.04. The monoisotopic (exact) mass is 249 g/mol. The van der Waals surface area contributed by atoms with Gasteiger partial charge in [-0.05, 0) is 12.8 Å². The molecular weight excluding hydrogens is 233 g/mol. The SMILES string of the molecule is O=S(=O)(O)CCCC1CNCCO1.[Na+].[OH-]. The third-order valence-electron chi connectivity index (χ3n) is 1.93. The van der Waals surface area contributed by atoms with Crippen molar-refractivity contribution in [1.82, 2.24) is 5.32 Å². The summed E-state index contributed by atoms with van der Waals surface area (Å²) in [5.74, 6) is -0.174. The Bertz CT molecular complexity index is 240. The van der Waals surface area contributed by atoms with E-state index in [-0.39, 0.29) is 46.9 Å². The Hall–Kier alpha value is 0.790. The summed E-state index contributed by atoms with van der Waals surface area (Å²) in [6, 6.07) is 0. The van der Waals surface area contributed by atoms with E-state index in [1.165, 1.54) is 0 Å². The normalized spacial score (nSPS) is 21.3. The van der Waals surface area contributed by atoms with Gasteiger partial charge in [0.1, 0.15) is 0 Å². The van der Waals surface area contributed by atoms with E-state index in [2.05, 4.69) is 5.32 Å². The molecular formula is C7H16NNaO5S. The molecule has 1 saturated heterocycles. The first-order valence-corrected chi connectivity index (χ1v) is 5.96. The van der Waals surface area contributed by atoms with Crippen LogP contribution < -0.4 is 34.9 Å². The average molecular weight is 249 g/mol. The molecule has 0 radical (unpaired) electrons. The maximum absolute atomic E-state index is 10.4. The van der Waals surface area contributed by atoms with Crippen LogP contribution >= 0.6 is 0 Å². The summed E-state index contributed by atoms with van der Waals surface area (Å²) < 4.78 is 34.6. The van der Waals surface area contributed by atoms with Crippen molar-refractivity contribution < 1.29 is 52.7 Å². The summed E-state index contributed by atoms with van der Waals surface area (Å²) in [5, 5.41) is 3.15. The van der Waals surface area contributed by atoms with Crippen molar-refractivity contribution in [1.29, 1.82) is 0 Å². The molecule has 0 aromatic heterocycles. The van der Waals surface area contributed by atoms with Crippen molar-refractivity contribution in [2.75, 3.05) is 25.4 Å². The fourth-order valence-corrected chi connectivity index (χ4v) is 1.83. The molecule has 0 amide bonds. The Labute approximate surface area is 112 Å². The Balaban J connectivity index is 0. The molecule has 1 unspecified atom stereocenters. The zero-order chi connectivity index (χ0) is 9.73. The van der Waals surface area contributed by atoms with Gasteiger partial charge in [-0.1, -0.05) is 0 Å². The molecule has 1 aliphatic heterocycles. The molecule has 0 bridgehead atoms. The van der Waals surface area contributed by atoms with Gasteiger partial charge in [0.2, 0.25) is 0 Å². The van der Waals surface area contributed by atoms with E-state index in [0.717, 1.165) is 13.1 Å². The zero-order valence-electron chi connectivity index (χ0n) is 8.85. The van der Waals surface area contributed by atoms with Crippen LogP contribution in [-0.4, -0.2) is 50.0 Å². The first-order chi connectivity index (χ1) is 6.08. The molecule has 1 heterocycles. The third kappa shape index (κ3) is 9.70. The summed E-state index contributed by atoms with van der Waals surface area (Å²) in [6.45, 7) is 2.30. The van der Waals surface area contributed by atoms with Gasteiger partial charge in [0, 0.05) is 13.1 Å². The molecule has 86 valence electrons. The van der Waals surface area contributed by atoms with Gasteiger partial charge < -0.3 is 15.5 Å². The minimum atomic E-state index is -3.80. The van der Waals surface area contributed by atoms with E-state index >= 15 is 0 Å². The quantitative estimate of drug-likeness (QED) is 0.395. The predicted octanol–water partition coefficient (Wildman–Crippen LogP) is -3.53. The molecule has 0 aliphatic carbocycles. The maximum atomic E-state index is 10.4. The first kappa shape index (κ1) is 18.2. The Morgan fingerprint density at radius 1 is 1.47 bits per heavy atom. The second-order valence-electron chi connectivity index (χ2n) is 3.13. The van der Waals surface area contributed by atoms with E-state index in [0.29, 0.717) is 19.4 Å². The molecule has 1 fully saturated rings. The topological polar surface area (TPSA) is 106 Å². The van der Waals surface area contributed by atoms with Crippen LogP contribution in [-0.2, 0) is 14.9 Å². The maximum Gasteiger partial charge on any atom is 1.00 e. The van der Waals surface area contributed by atoms with E-state index in [1.54, 1.807) is 0 Å². The fourth-order valence-electron chi connectivity index (χ4n) is 1.30. The number of rotatable bonds is 4. The molecule has 3 N–H and O–H groups in total. The smallest absolute Gasteiger partial charge is 0.870 e. The van der Waals surface area contributed by atoms with Gasteiger partial charge in [0.15, 0.2) is 0 Å². The van der Waals surface area contributed by atoms with Crippen molar-refractivity contribution in [3.8, 4) is 0 Å². The van der Waals surface area contributed by atoms with E-state index < -0.39 is 10.1 Å². The van der Waals surface area contributed by atoms with Gasteiger partial charge in [0.25, 0.3) is 10.1 Å². The van der Waals surface area contributed by atoms with Crippen LogP contribution in [0.2, 0.25) is 0 Å². The zero-order valence-corrected chi connectivity index (χ0v) is 11.7. The molecule has 1 atom stereocenters. The molecule has 0 spiro atoms. The molecule has 1 rings (SSSR count). The van der Waals surface area contributed by atoms with Crippen LogP contribution in [0.5, 0.6) is 0 Å². The summed E-state index contributed by atoms with van der Waals surface area (Å²) in [4.78, 5) is 0. The standard InChI is InChI=1S/C7H15NO4S.Na.H2O/c9-13(10,11)5-1-2-7-6-8-3-4-12-7;;/h7-8H,1-6H2,(H,9,10,11);;1H2/q;+1;/p-1. The molecule has 6 nitrogen and oxygen atoms in total. The van der Waals surface area contributed by atoms with Crippen molar-refractivity contribution in [3.05, 3.63) is 0 Å². The van der Waals surface area contributed by atoms with E-state index in [4.69, 9.17) is 9.29 Å². The molecule has 8 heteroatoms. The van der Waals surface area contributed by atoms with Crippen LogP contribution in [0.25, 0.3) is 0 Å². The predicted molar refractivity (Wildman–Crippen MR) is 50.2 cm³/mol. The van der Waals surface area contributed by atoms with Crippen LogP contribution in [0, 0.1) is 0 Å². The Morgan fingerprint density at radius 2 is 2.13 bits per heavy atom. The third-order valence-corrected chi connectivity index (χ3v) is 2.74. The summed E-state index contributed by atoms with van der Waals surface area (Å²) >= 11 is 0. The minimum Gasteiger partial charge on any atom is -0.870 e.